The quantitative estimate of drug-likeness (QED) is 0.468. The number of nitrogens with one attached hydrogen (secondary N) is 1. The lowest BCUT2D eigenvalue weighted by Gasteiger charge is -2.12. The van der Waals surface area contributed by atoms with Crippen LogP contribution in [0.3, 0.4) is 0 Å². The maximum Gasteiger partial charge on any atom is 0.261 e. The van der Waals surface area contributed by atoms with Gasteiger partial charge in [-0.3, -0.25) is 14.2 Å². The maximum atomic E-state index is 12.7. The fourth-order valence-corrected chi connectivity index (χ4v) is 4.44. The van der Waals surface area contributed by atoms with Gasteiger partial charge in [-0.15, -0.1) is 0 Å². The van der Waals surface area contributed by atoms with Crippen molar-refractivity contribution in [1.82, 2.24) is 19.5 Å². The van der Waals surface area contributed by atoms with E-state index in [4.69, 9.17) is 0 Å². The van der Waals surface area contributed by atoms with E-state index in [-0.39, 0.29) is 18.0 Å². The molecule has 0 atom stereocenters. The number of benzene rings is 2. The summed E-state index contributed by atoms with van der Waals surface area (Å²) in [6.07, 6.45) is 3.15. The van der Waals surface area contributed by atoms with E-state index in [9.17, 15) is 9.59 Å². The summed E-state index contributed by atoms with van der Waals surface area (Å²) in [7, 11) is 0. The number of nitrogens with zero attached hydrogens (tertiary/aromatic N) is 4. The SMILES string of the molecule is Cc1c(NC(=O)Cn2cnc3ccccc3c2=O)cccc1-c1nc2cccnc2s1. The van der Waals surface area contributed by atoms with Crippen LogP contribution in [0.1, 0.15) is 5.56 Å². The molecule has 0 aliphatic carbocycles. The van der Waals surface area contributed by atoms with Crippen molar-refractivity contribution in [2.75, 3.05) is 5.32 Å². The number of aromatic nitrogens is 4. The van der Waals surface area contributed by atoms with Gasteiger partial charge in [0.2, 0.25) is 5.91 Å². The van der Waals surface area contributed by atoms with Crippen LogP contribution in [0.4, 0.5) is 5.69 Å². The number of carbonyl (C=O) groups excluding carboxylic acids is 1. The predicted molar refractivity (Wildman–Crippen MR) is 122 cm³/mol. The highest BCUT2D eigenvalue weighted by Crippen LogP contribution is 2.33. The van der Waals surface area contributed by atoms with Gasteiger partial charge >= 0.3 is 0 Å². The first-order valence-electron chi connectivity index (χ1n) is 9.66. The van der Waals surface area contributed by atoms with E-state index in [2.05, 4.69) is 20.3 Å². The van der Waals surface area contributed by atoms with E-state index in [0.717, 1.165) is 26.5 Å². The minimum absolute atomic E-state index is 0.120. The molecule has 0 bridgehead atoms. The summed E-state index contributed by atoms with van der Waals surface area (Å²) < 4.78 is 1.32. The Morgan fingerprint density at radius 1 is 1.03 bits per heavy atom. The molecule has 2 aromatic carbocycles. The molecule has 3 heterocycles. The van der Waals surface area contributed by atoms with Crippen LogP contribution in [-0.2, 0) is 11.3 Å². The van der Waals surface area contributed by atoms with E-state index >= 15 is 0 Å². The van der Waals surface area contributed by atoms with E-state index in [1.165, 1.54) is 22.2 Å². The zero-order chi connectivity index (χ0) is 21.4. The molecule has 0 radical (unpaired) electrons. The number of fused-ring (bicyclic) bond motifs is 2. The second kappa shape index (κ2) is 7.73. The maximum absolute atomic E-state index is 12.7. The molecular formula is C23H17N5O2S. The van der Waals surface area contributed by atoms with Crippen LogP contribution in [0.15, 0.2) is 71.9 Å². The molecule has 0 spiro atoms. The van der Waals surface area contributed by atoms with Crippen LogP contribution in [0, 0.1) is 6.92 Å². The van der Waals surface area contributed by atoms with E-state index < -0.39 is 0 Å². The lowest BCUT2D eigenvalue weighted by Crippen LogP contribution is -2.28. The summed E-state index contributed by atoms with van der Waals surface area (Å²) in [5.74, 6) is -0.301. The van der Waals surface area contributed by atoms with Crippen molar-refractivity contribution in [2.45, 2.75) is 13.5 Å². The van der Waals surface area contributed by atoms with Gasteiger partial charge in [-0.2, -0.15) is 0 Å². The van der Waals surface area contributed by atoms with E-state index in [0.29, 0.717) is 16.6 Å². The molecule has 152 valence electrons. The molecule has 3 aromatic heterocycles. The van der Waals surface area contributed by atoms with Crippen LogP contribution < -0.4 is 10.9 Å². The first-order valence-corrected chi connectivity index (χ1v) is 10.5. The van der Waals surface area contributed by atoms with E-state index in [1.807, 2.05) is 43.3 Å². The molecule has 5 aromatic rings. The highest BCUT2D eigenvalue weighted by Gasteiger charge is 2.14. The van der Waals surface area contributed by atoms with Gasteiger partial charge in [0.1, 0.15) is 21.9 Å². The van der Waals surface area contributed by atoms with Crippen molar-refractivity contribution >= 4 is 44.2 Å². The van der Waals surface area contributed by atoms with Crippen molar-refractivity contribution in [1.29, 1.82) is 0 Å². The third-order valence-corrected chi connectivity index (χ3v) is 6.06. The van der Waals surface area contributed by atoms with Crippen LogP contribution >= 0.6 is 11.3 Å². The van der Waals surface area contributed by atoms with Crippen molar-refractivity contribution in [3.8, 4) is 10.6 Å². The summed E-state index contributed by atoms with van der Waals surface area (Å²) in [5, 5.41) is 4.24. The summed E-state index contributed by atoms with van der Waals surface area (Å²) >= 11 is 1.51. The molecule has 8 heteroatoms. The zero-order valence-corrected chi connectivity index (χ0v) is 17.4. The molecule has 0 saturated carbocycles. The predicted octanol–water partition coefficient (Wildman–Crippen LogP) is 4.02. The average molecular weight is 427 g/mol. The number of pyridine rings is 1. The van der Waals surface area contributed by atoms with Crippen LogP contribution in [0.5, 0.6) is 0 Å². The van der Waals surface area contributed by atoms with Gasteiger partial charge in [-0.05, 0) is 42.8 Å². The Hall–Kier alpha value is -3.91. The Kier molecular flexibility index (Phi) is 4.76. The highest BCUT2D eigenvalue weighted by molar-refractivity contribution is 7.21. The highest BCUT2D eigenvalue weighted by atomic mass is 32.1. The normalized spacial score (nSPS) is 11.1. The fourth-order valence-electron chi connectivity index (χ4n) is 3.45. The number of thiazole rings is 1. The van der Waals surface area contributed by atoms with Crippen LogP contribution in [-0.4, -0.2) is 25.4 Å². The monoisotopic (exact) mass is 427 g/mol. The second-order valence-corrected chi connectivity index (χ2v) is 8.05. The van der Waals surface area contributed by atoms with Crippen LogP contribution in [0.25, 0.3) is 31.8 Å². The topological polar surface area (TPSA) is 89.8 Å². The van der Waals surface area contributed by atoms with Crippen molar-refractivity contribution in [3.05, 3.63) is 83.0 Å². The van der Waals surface area contributed by atoms with Gasteiger partial charge in [-0.25, -0.2) is 15.0 Å². The van der Waals surface area contributed by atoms with Crippen molar-refractivity contribution in [2.24, 2.45) is 0 Å². The van der Waals surface area contributed by atoms with Gasteiger partial charge in [-0.1, -0.05) is 35.6 Å². The molecule has 0 aliphatic heterocycles. The fraction of sp³-hybridized carbons (Fsp3) is 0.0870. The zero-order valence-electron chi connectivity index (χ0n) is 16.6. The number of rotatable bonds is 4. The molecular weight excluding hydrogens is 410 g/mol. The molecule has 0 fully saturated rings. The minimum Gasteiger partial charge on any atom is -0.324 e. The summed E-state index contributed by atoms with van der Waals surface area (Å²) in [4.78, 5) is 39.5. The van der Waals surface area contributed by atoms with Crippen molar-refractivity contribution < 1.29 is 4.79 Å². The molecule has 31 heavy (non-hydrogen) atoms. The molecule has 0 saturated heterocycles. The van der Waals surface area contributed by atoms with Gasteiger partial charge < -0.3 is 5.32 Å². The number of anilines is 1. The number of hydrogen-bond donors (Lipinski definition) is 1. The molecule has 1 N–H and O–H groups in total. The number of hydrogen-bond acceptors (Lipinski definition) is 6. The Bertz CT molecular complexity index is 1470. The van der Waals surface area contributed by atoms with Gasteiger partial charge in [0.15, 0.2) is 0 Å². The Morgan fingerprint density at radius 3 is 2.74 bits per heavy atom. The average Bonchev–Trinajstić information content (AvgIpc) is 3.21. The smallest absolute Gasteiger partial charge is 0.261 e. The molecule has 5 rings (SSSR count). The van der Waals surface area contributed by atoms with Crippen LogP contribution in [0.2, 0.25) is 0 Å². The minimum atomic E-state index is -0.301. The lowest BCUT2D eigenvalue weighted by atomic mass is 10.1. The standard InChI is InChI=1S/C23H17N5O2S/c1-14-15(21-27-19-10-5-11-24-22(19)31-21)7-4-9-17(14)26-20(29)12-28-13-25-18-8-3-2-6-16(18)23(28)30/h2-11,13H,12H2,1H3,(H,26,29). The Labute approximate surface area is 181 Å². The molecule has 1 amide bonds. The molecule has 0 unspecified atom stereocenters. The third-order valence-electron chi connectivity index (χ3n) is 5.05. The molecule has 7 nitrogen and oxygen atoms in total. The number of para-hydroxylation sites is 1. The third kappa shape index (κ3) is 3.57. The van der Waals surface area contributed by atoms with Gasteiger partial charge in [0.05, 0.1) is 17.2 Å². The summed E-state index contributed by atoms with van der Waals surface area (Å²) in [6.45, 7) is 1.82. The Balaban J connectivity index is 1.41. The van der Waals surface area contributed by atoms with Gasteiger partial charge in [0, 0.05) is 17.4 Å². The number of carbonyl (C=O) groups is 1. The van der Waals surface area contributed by atoms with Gasteiger partial charge in [0.25, 0.3) is 5.56 Å². The first kappa shape index (κ1) is 19.1. The molecule has 0 aliphatic rings. The van der Waals surface area contributed by atoms with E-state index in [1.54, 1.807) is 24.4 Å². The Morgan fingerprint density at radius 2 is 1.87 bits per heavy atom. The lowest BCUT2D eigenvalue weighted by molar-refractivity contribution is -0.116. The first-order chi connectivity index (χ1) is 15.1. The van der Waals surface area contributed by atoms with Crippen molar-refractivity contribution in [3.63, 3.8) is 0 Å². The summed E-state index contributed by atoms with van der Waals surface area (Å²) in [5.41, 5.74) is 3.73. The largest absolute Gasteiger partial charge is 0.324 e. The summed E-state index contributed by atoms with van der Waals surface area (Å²) in [6, 6.07) is 16.6. The second-order valence-electron chi connectivity index (χ2n) is 7.07. The number of amides is 1.